The Bertz CT molecular complexity index is 249. The second kappa shape index (κ2) is 6.38. The summed E-state index contributed by atoms with van der Waals surface area (Å²) in [5, 5.41) is 0. The molecule has 0 amide bonds. The van der Waals surface area contributed by atoms with Gasteiger partial charge in [0.15, 0.2) is 0 Å². The first kappa shape index (κ1) is 11.9. The van der Waals surface area contributed by atoms with Gasteiger partial charge in [0.1, 0.15) is 0 Å². The molecule has 0 saturated heterocycles. The Kier molecular flexibility index (Phi) is 6.31. The van der Waals surface area contributed by atoms with Gasteiger partial charge in [0, 0.05) is 0 Å². The van der Waals surface area contributed by atoms with E-state index >= 15 is 0 Å². The third kappa shape index (κ3) is 4.68. The van der Waals surface area contributed by atoms with E-state index in [9.17, 15) is 4.79 Å². The van der Waals surface area contributed by atoms with Crippen LogP contribution in [0, 0.1) is 11.5 Å². The minimum atomic E-state index is -0.561. The van der Waals surface area contributed by atoms with Gasteiger partial charge in [-0.1, -0.05) is 0 Å². The molecule has 0 saturated carbocycles. The van der Waals surface area contributed by atoms with E-state index in [4.69, 9.17) is 5.73 Å². The number of rotatable bonds is 3. The van der Waals surface area contributed by atoms with Crippen LogP contribution in [-0.2, 0) is 21.3 Å². The Labute approximate surface area is 78.4 Å². The number of carbonyl (C=O) groups excluding carboxylic acids is 1. The Hall–Kier alpha value is -0.140. The van der Waals surface area contributed by atoms with Crippen molar-refractivity contribution in [2.24, 2.45) is 11.7 Å². The van der Waals surface area contributed by atoms with Gasteiger partial charge < -0.3 is 0 Å². The summed E-state index contributed by atoms with van der Waals surface area (Å²) < 4.78 is 4.47. The average molecular weight is 205 g/mol. The van der Waals surface area contributed by atoms with E-state index in [-0.39, 0.29) is 11.9 Å². The maximum atomic E-state index is 10.8. The summed E-state index contributed by atoms with van der Waals surface area (Å²) in [4.78, 5) is 10.8. The third-order valence-corrected chi connectivity index (χ3v) is 2.25. The Morgan fingerprint density at radius 2 is 2.42 bits per heavy atom. The fourth-order valence-corrected chi connectivity index (χ4v) is 1.60. The molecule has 0 aliphatic heterocycles. The average Bonchev–Trinajstić information content (AvgIpc) is 2.03. The number of esters is 1. The molecule has 0 fully saturated rings. The third-order valence-electron chi connectivity index (χ3n) is 1.38. The predicted molar refractivity (Wildman–Crippen MR) is 51.9 cm³/mol. The number of methoxy groups -OCH3 is 1. The summed E-state index contributed by atoms with van der Waals surface area (Å²) in [7, 11) is 1.33. The van der Waals surface area contributed by atoms with Crippen LogP contribution in [0.25, 0.3) is 0 Å². The molecule has 0 aliphatic rings. The summed E-state index contributed by atoms with van der Waals surface area (Å²) in [6.07, 6.45) is 0.538. The van der Waals surface area contributed by atoms with Gasteiger partial charge in [0.2, 0.25) is 0 Å². The first-order valence-electron chi connectivity index (χ1n) is 3.53. The van der Waals surface area contributed by atoms with Crippen LogP contribution in [-0.4, -0.2) is 19.1 Å². The van der Waals surface area contributed by atoms with Crippen LogP contribution in [0.5, 0.6) is 0 Å². The quantitative estimate of drug-likeness (QED) is 0.549. The fraction of sp³-hybridized carbons (Fsp3) is 0.714. The summed E-state index contributed by atoms with van der Waals surface area (Å²) in [5.41, 5.74) is 8.46. The van der Waals surface area contributed by atoms with E-state index in [0.717, 1.165) is 0 Å². The second-order valence-electron chi connectivity index (χ2n) is 2.49. The molecule has 0 aromatic rings. The van der Waals surface area contributed by atoms with E-state index in [1.807, 2.05) is 6.92 Å². The van der Waals surface area contributed by atoms with Crippen molar-refractivity contribution in [3.63, 3.8) is 0 Å². The standard InChI is InChI=1S/C7H12NO2PS/c1-5(4-11-12)3-6(8)7(9)10-2/h5-6H,3,8H2,1-2H3. The molecule has 0 rings (SSSR count). The molecule has 0 aliphatic carbocycles. The first-order valence-corrected chi connectivity index (χ1v) is 5.44. The van der Waals surface area contributed by atoms with Crippen molar-refractivity contribution < 1.29 is 9.53 Å². The molecule has 0 heterocycles. The molecular formula is C7H12NO2PS. The van der Waals surface area contributed by atoms with Gasteiger partial charge in [-0.3, -0.25) is 0 Å². The fourth-order valence-electron chi connectivity index (χ4n) is 0.771. The van der Waals surface area contributed by atoms with Crippen molar-refractivity contribution in [3.8, 4) is 5.63 Å². The zero-order chi connectivity index (χ0) is 9.56. The van der Waals surface area contributed by atoms with E-state index in [0.29, 0.717) is 13.2 Å². The van der Waals surface area contributed by atoms with Gasteiger partial charge in [0.25, 0.3) is 0 Å². The van der Waals surface area contributed by atoms with Crippen molar-refractivity contribution in [3.05, 3.63) is 0 Å². The van der Waals surface area contributed by atoms with Gasteiger partial charge in [-0.05, 0) is 0 Å². The number of ether oxygens (including phenoxy) is 1. The molecule has 0 radical (unpaired) electrons. The molecule has 12 heavy (non-hydrogen) atoms. The summed E-state index contributed by atoms with van der Waals surface area (Å²) in [5.74, 6) is -0.247. The molecule has 0 aromatic carbocycles. The van der Waals surface area contributed by atoms with Gasteiger partial charge in [-0.25, -0.2) is 0 Å². The monoisotopic (exact) mass is 205 g/mol. The van der Waals surface area contributed by atoms with Crippen LogP contribution in [0.1, 0.15) is 13.3 Å². The molecule has 0 aromatic heterocycles. The van der Waals surface area contributed by atoms with Crippen molar-refractivity contribution in [1.82, 2.24) is 0 Å². The zero-order valence-corrected chi connectivity index (χ0v) is 8.82. The maximum absolute atomic E-state index is 10.8. The van der Waals surface area contributed by atoms with Crippen molar-refractivity contribution in [1.29, 1.82) is 0 Å². The topological polar surface area (TPSA) is 52.3 Å². The molecule has 2 atom stereocenters. The number of carbonyl (C=O) groups is 1. The minimum absolute atomic E-state index is 0.137. The van der Waals surface area contributed by atoms with Crippen LogP contribution in [0.15, 0.2) is 0 Å². The molecule has 2 N–H and O–H groups in total. The molecule has 68 valence electrons. The Morgan fingerprint density at radius 3 is 2.83 bits per heavy atom. The van der Waals surface area contributed by atoms with Crippen LogP contribution in [0.4, 0.5) is 0 Å². The summed E-state index contributed by atoms with van der Waals surface area (Å²) >= 11 is 4.68. The Balaban J connectivity index is 3.96. The SMILES string of the molecule is COC(=O)C(N)CC(C)C#P=S. The van der Waals surface area contributed by atoms with Crippen LogP contribution >= 0.6 is 6.81 Å². The number of nitrogens with two attached hydrogens (primary N) is 1. The van der Waals surface area contributed by atoms with Crippen molar-refractivity contribution >= 4 is 24.6 Å². The van der Waals surface area contributed by atoms with Gasteiger partial charge >= 0.3 is 77.9 Å². The summed E-state index contributed by atoms with van der Waals surface area (Å²) in [6.45, 7) is 2.60. The molecule has 2 unspecified atom stereocenters. The van der Waals surface area contributed by atoms with Crippen LogP contribution < -0.4 is 5.73 Å². The molecule has 0 spiro atoms. The number of hydrogen-bond acceptors (Lipinski definition) is 4. The first-order chi connectivity index (χ1) is 5.61. The number of hydrogen-bond donors (Lipinski definition) is 1. The van der Waals surface area contributed by atoms with Gasteiger partial charge in [0.05, 0.1) is 0 Å². The molecule has 0 bridgehead atoms. The molecule has 5 heteroatoms. The van der Waals surface area contributed by atoms with E-state index in [2.05, 4.69) is 22.2 Å². The van der Waals surface area contributed by atoms with E-state index < -0.39 is 6.04 Å². The van der Waals surface area contributed by atoms with Gasteiger partial charge in [-0.15, -0.1) is 0 Å². The summed E-state index contributed by atoms with van der Waals surface area (Å²) in [6, 6.07) is -0.561. The Morgan fingerprint density at radius 1 is 1.83 bits per heavy atom. The second-order valence-corrected chi connectivity index (χ2v) is 3.48. The van der Waals surface area contributed by atoms with E-state index in [1.54, 1.807) is 0 Å². The predicted octanol–water partition coefficient (Wildman–Crippen LogP) is 0.880. The normalized spacial score (nSPS) is 14.2. The molecule has 3 nitrogen and oxygen atoms in total. The van der Waals surface area contributed by atoms with Crippen molar-refractivity contribution in [2.75, 3.05) is 7.11 Å². The van der Waals surface area contributed by atoms with E-state index in [1.165, 1.54) is 7.11 Å². The van der Waals surface area contributed by atoms with Crippen molar-refractivity contribution in [2.45, 2.75) is 19.4 Å². The van der Waals surface area contributed by atoms with Gasteiger partial charge in [-0.2, -0.15) is 0 Å². The van der Waals surface area contributed by atoms with Crippen LogP contribution in [0.3, 0.4) is 0 Å². The molecular weight excluding hydrogens is 193 g/mol. The zero-order valence-electron chi connectivity index (χ0n) is 7.11. The van der Waals surface area contributed by atoms with Crippen LogP contribution in [0.2, 0.25) is 0 Å².